The Hall–Kier alpha value is -0.970. The van der Waals surface area contributed by atoms with E-state index in [4.69, 9.17) is 33.7 Å². The quantitative estimate of drug-likeness (QED) is 0.926. The Morgan fingerprint density at radius 1 is 1.43 bits per heavy atom. The van der Waals surface area contributed by atoms with Gasteiger partial charge in [0.25, 0.3) is 5.91 Å². The second kappa shape index (κ2) is 6.86. The van der Waals surface area contributed by atoms with Gasteiger partial charge in [-0.1, -0.05) is 23.2 Å². The molecule has 1 aliphatic heterocycles. The number of benzene rings is 1. The molecule has 0 unspecified atom stereocenters. The number of rotatable bonds is 3. The summed E-state index contributed by atoms with van der Waals surface area (Å²) in [5.41, 5.74) is 5.92. The van der Waals surface area contributed by atoms with Crippen LogP contribution in [0.5, 0.6) is 5.75 Å². The van der Waals surface area contributed by atoms with Gasteiger partial charge in [0.15, 0.2) is 6.10 Å². The van der Waals surface area contributed by atoms with Crippen molar-refractivity contribution in [1.82, 2.24) is 4.90 Å². The first-order chi connectivity index (χ1) is 9.88. The van der Waals surface area contributed by atoms with E-state index < -0.39 is 6.10 Å². The maximum absolute atomic E-state index is 12.5. The summed E-state index contributed by atoms with van der Waals surface area (Å²) in [4.78, 5) is 14.3. The number of ether oxygens (including phenoxy) is 1. The van der Waals surface area contributed by atoms with Crippen molar-refractivity contribution in [3.05, 3.63) is 28.2 Å². The molecule has 6 heteroatoms. The molecule has 2 N–H and O–H groups in total. The van der Waals surface area contributed by atoms with Crippen LogP contribution >= 0.6 is 23.2 Å². The van der Waals surface area contributed by atoms with Gasteiger partial charge in [0.1, 0.15) is 5.75 Å². The molecular weight excluding hydrogens is 311 g/mol. The molecule has 21 heavy (non-hydrogen) atoms. The molecule has 1 heterocycles. The van der Waals surface area contributed by atoms with Crippen LogP contribution in [0.4, 0.5) is 0 Å². The monoisotopic (exact) mass is 330 g/mol. The zero-order valence-electron chi connectivity index (χ0n) is 12.2. The van der Waals surface area contributed by atoms with E-state index in [1.165, 1.54) is 0 Å². The van der Waals surface area contributed by atoms with E-state index in [0.29, 0.717) is 22.3 Å². The van der Waals surface area contributed by atoms with Gasteiger partial charge >= 0.3 is 0 Å². The molecule has 0 bridgehead atoms. The predicted octanol–water partition coefficient (Wildman–Crippen LogP) is 3.10. The number of hydrogen-bond donors (Lipinski definition) is 1. The Bertz CT molecular complexity index is 524. The van der Waals surface area contributed by atoms with Crippen LogP contribution in [-0.2, 0) is 4.79 Å². The first kappa shape index (κ1) is 16.4. The van der Waals surface area contributed by atoms with Crippen LogP contribution in [0.15, 0.2) is 18.2 Å². The first-order valence-electron chi connectivity index (χ1n) is 7.06. The minimum atomic E-state index is -0.570. The molecule has 0 radical (unpaired) electrons. The van der Waals surface area contributed by atoms with Gasteiger partial charge < -0.3 is 15.4 Å². The highest BCUT2D eigenvalue weighted by Crippen LogP contribution is 2.27. The molecule has 0 aromatic heterocycles. The third-order valence-electron chi connectivity index (χ3n) is 3.75. The molecule has 3 atom stereocenters. The zero-order valence-corrected chi connectivity index (χ0v) is 13.7. The normalized spacial score (nSPS) is 23.8. The van der Waals surface area contributed by atoms with Crippen LogP contribution in [0, 0.1) is 0 Å². The van der Waals surface area contributed by atoms with Crippen LogP contribution in [0.2, 0.25) is 10.0 Å². The molecule has 1 fully saturated rings. The van der Waals surface area contributed by atoms with E-state index in [1.807, 2.05) is 11.8 Å². The fourth-order valence-corrected chi connectivity index (χ4v) is 2.86. The molecule has 2 rings (SSSR count). The van der Waals surface area contributed by atoms with Crippen molar-refractivity contribution in [1.29, 1.82) is 0 Å². The van der Waals surface area contributed by atoms with Crippen LogP contribution in [0.1, 0.15) is 26.7 Å². The Morgan fingerprint density at radius 3 is 2.76 bits per heavy atom. The summed E-state index contributed by atoms with van der Waals surface area (Å²) in [5.74, 6) is 0.507. The number of nitrogens with two attached hydrogens (primary N) is 1. The van der Waals surface area contributed by atoms with Gasteiger partial charge in [-0.05, 0) is 38.8 Å². The van der Waals surface area contributed by atoms with E-state index in [1.54, 1.807) is 25.1 Å². The summed E-state index contributed by atoms with van der Waals surface area (Å²) in [6.07, 6.45) is 1.08. The number of piperidine rings is 1. The highest BCUT2D eigenvalue weighted by Gasteiger charge is 2.30. The SMILES string of the molecule is C[C@H](Oc1ccc(Cl)c(Cl)c1)C(=O)N1CC[C@@H](N)C[C@@H]1C. The van der Waals surface area contributed by atoms with E-state index in [2.05, 4.69) is 0 Å². The minimum absolute atomic E-state index is 0.0273. The highest BCUT2D eigenvalue weighted by atomic mass is 35.5. The van der Waals surface area contributed by atoms with Gasteiger partial charge in [0, 0.05) is 24.7 Å². The lowest BCUT2D eigenvalue weighted by atomic mass is 9.98. The molecule has 1 saturated heterocycles. The third-order valence-corrected chi connectivity index (χ3v) is 4.49. The lowest BCUT2D eigenvalue weighted by molar-refractivity contribution is -0.141. The number of likely N-dealkylation sites (tertiary alicyclic amines) is 1. The lowest BCUT2D eigenvalue weighted by Gasteiger charge is -2.37. The van der Waals surface area contributed by atoms with Crippen molar-refractivity contribution in [2.75, 3.05) is 6.54 Å². The second-order valence-corrected chi connectivity index (χ2v) is 6.32. The number of amides is 1. The van der Waals surface area contributed by atoms with E-state index in [0.717, 1.165) is 12.8 Å². The van der Waals surface area contributed by atoms with Crippen molar-refractivity contribution in [3.63, 3.8) is 0 Å². The summed E-state index contributed by atoms with van der Waals surface area (Å²) in [6, 6.07) is 5.28. The van der Waals surface area contributed by atoms with Crippen molar-refractivity contribution < 1.29 is 9.53 Å². The van der Waals surface area contributed by atoms with Gasteiger partial charge in [-0.3, -0.25) is 4.79 Å². The summed E-state index contributed by atoms with van der Waals surface area (Å²) >= 11 is 11.8. The average Bonchev–Trinajstić information content (AvgIpc) is 2.42. The molecule has 4 nitrogen and oxygen atoms in total. The maximum Gasteiger partial charge on any atom is 0.263 e. The molecule has 1 aromatic carbocycles. The van der Waals surface area contributed by atoms with Crippen LogP contribution in [0.25, 0.3) is 0 Å². The molecular formula is C15H20Cl2N2O2. The Kier molecular flexibility index (Phi) is 5.36. The number of halogens is 2. The number of carbonyl (C=O) groups excluding carboxylic acids is 1. The first-order valence-corrected chi connectivity index (χ1v) is 7.82. The Balaban J connectivity index is 2.00. The van der Waals surface area contributed by atoms with E-state index in [-0.39, 0.29) is 18.0 Å². The van der Waals surface area contributed by atoms with Gasteiger partial charge in [-0.2, -0.15) is 0 Å². The third kappa shape index (κ3) is 4.02. The van der Waals surface area contributed by atoms with Crippen LogP contribution in [0.3, 0.4) is 0 Å². The molecule has 1 aromatic rings. The van der Waals surface area contributed by atoms with Crippen molar-refractivity contribution in [2.45, 2.75) is 44.9 Å². The number of hydrogen-bond acceptors (Lipinski definition) is 3. The van der Waals surface area contributed by atoms with Gasteiger partial charge in [0.05, 0.1) is 10.0 Å². The Morgan fingerprint density at radius 2 is 2.14 bits per heavy atom. The zero-order chi connectivity index (χ0) is 15.6. The smallest absolute Gasteiger partial charge is 0.263 e. The summed E-state index contributed by atoms with van der Waals surface area (Å²) < 4.78 is 5.67. The van der Waals surface area contributed by atoms with E-state index in [9.17, 15) is 4.79 Å². The second-order valence-electron chi connectivity index (χ2n) is 5.50. The molecule has 0 spiro atoms. The Labute approximate surface area is 135 Å². The van der Waals surface area contributed by atoms with Gasteiger partial charge in [-0.25, -0.2) is 0 Å². The lowest BCUT2D eigenvalue weighted by Crippen LogP contribution is -2.51. The van der Waals surface area contributed by atoms with Crippen molar-refractivity contribution in [2.24, 2.45) is 5.73 Å². The minimum Gasteiger partial charge on any atom is -0.481 e. The fourth-order valence-electron chi connectivity index (χ4n) is 2.57. The number of nitrogens with zero attached hydrogens (tertiary/aromatic N) is 1. The van der Waals surface area contributed by atoms with E-state index >= 15 is 0 Å². The van der Waals surface area contributed by atoms with Crippen LogP contribution in [-0.4, -0.2) is 35.5 Å². The molecule has 1 aliphatic rings. The summed E-state index contributed by atoms with van der Waals surface area (Å²) in [7, 11) is 0. The van der Waals surface area contributed by atoms with Gasteiger partial charge in [0.2, 0.25) is 0 Å². The highest BCUT2D eigenvalue weighted by molar-refractivity contribution is 6.42. The predicted molar refractivity (Wildman–Crippen MR) is 84.9 cm³/mol. The molecule has 1 amide bonds. The fraction of sp³-hybridized carbons (Fsp3) is 0.533. The molecule has 0 aliphatic carbocycles. The average molecular weight is 331 g/mol. The number of carbonyl (C=O) groups is 1. The molecule has 116 valence electrons. The van der Waals surface area contributed by atoms with Gasteiger partial charge in [-0.15, -0.1) is 0 Å². The largest absolute Gasteiger partial charge is 0.481 e. The van der Waals surface area contributed by atoms with Crippen LogP contribution < -0.4 is 10.5 Å². The van der Waals surface area contributed by atoms with Crippen molar-refractivity contribution in [3.8, 4) is 5.75 Å². The topological polar surface area (TPSA) is 55.6 Å². The van der Waals surface area contributed by atoms with Crippen molar-refractivity contribution >= 4 is 29.1 Å². The standard InChI is InChI=1S/C15H20Cl2N2O2/c1-9-7-11(18)5-6-19(9)15(20)10(2)21-12-3-4-13(16)14(17)8-12/h3-4,8-11H,5-7,18H2,1-2H3/t9-,10-,11+/m0/s1. The maximum atomic E-state index is 12.5. The molecule has 0 saturated carbocycles. The summed E-state index contributed by atoms with van der Waals surface area (Å²) in [6.45, 7) is 4.44. The summed E-state index contributed by atoms with van der Waals surface area (Å²) in [5, 5.41) is 0.868.